The van der Waals surface area contributed by atoms with Crippen LogP contribution in [0.1, 0.15) is 62.6 Å². The summed E-state index contributed by atoms with van der Waals surface area (Å²) in [4.78, 5) is 4.57. The summed E-state index contributed by atoms with van der Waals surface area (Å²) >= 11 is 0. The van der Waals surface area contributed by atoms with E-state index in [0.29, 0.717) is 12.0 Å². The normalized spacial score (nSPS) is 26.5. The summed E-state index contributed by atoms with van der Waals surface area (Å²) < 4.78 is 5.38. The molecule has 2 fully saturated rings. The van der Waals surface area contributed by atoms with Crippen LogP contribution in [0.25, 0.3) is 0 Å². The van der Waals surface area contributed by atoms with E-state index in [0.717, 1.165) is 24.7 Å². The average molecular weight is 235 g/mol. The van der Waals surface area contributed by atoms with Gasteiger partial charge < -0.3 is 9.84 Å². The van der Waals surface area contributed by atoms with E-state index in [4.69, 9.17) is 4.52 Å². The molecule has 2 heterocycles. The lowest BCUT2D eigenvalue weighted by Gasteiger charge is -2.21. The Kier molecular flexibility index (Phi) is 3.41. The molecular weight excluding hydrogens is 214 g/mol. The summed E-state index contributed by atoms with van der Waals surface area (Å²) in [5.41, 5.74) is 0. The highest BCUT2D eigenvalue weighted by Gasteiger charge is 2.23. The van der Waals surface area contributed by atoms with Gasteiger partial charge in [-0.25, -0.2) is 0 Å². The molecule has 1 aliphatic carbocycles. The summed E-state index contributed by atoms with van der Waals surface area (Å²) in [6.45, 7) is 1.13. The lowest BCUT2D eigenvalue weighted by Crippen LogP contribution is -2.35. The van der Waals surface area contributed by atoms with E-state index in [-0.39, 0.29) is 0 Å². The van der Waals surface area contributed by atoms with Crippen LogP contribution in [0.4, 0.5) is 0 Å². The van der Waals surface area contributed by atoms with Gasteiger partial charge in [0, 0.05) is 18.4 Å². The Hall–Kier alpha value is -0.900. The Morgan fingerprint density at radius 1 is 1.12 bits per heavy atom. The summed E-state index contributed by atoms with van der Waals surface area (Å²) in [7, 11) is 0. The first-order chi connectivity index (χ1) is 8.42. The molecule has 1 saturated carbocycles. The van der Waals surface area contributed by atoms with Gasteiger partial charge >= 0.3 is 0 Å². The molecule has 17 heavy (non-hydrogen) atoms. The first-order valence-corrected chi connectivity index (χ1v) is 6.97. The average Bonchev–Trinajstić information content (AvgIpc) is 3.00. The molecule has 94 valence electrons. The molecule has 1 aliphatic heterocycles. The van der Waals surface area contributed by atoms with Crippen LogP contribution in [0.5, 0.6) is 0 Å². The number of nitrogens with one attached hydrogen (secondary N) is 1. The molecule has 1 N–H and O–H groups in total. The molecular formula is C13H21N3O. The van der Waals surface area contributed by atoms with Gasteiger partial charge in [-0.15, -0.1) is 0 Å². The zero-order chi connectivity index (χ0) is 11.5. The summed E-state index contributed by atoms with van der Waals surface area (Å²) in [5, 5.41) is 7.67. The molecule has 1 aromatic heterocycles. The molecule has 0 unspecified atom stereocenters. The lowest BCUT2D eigenvalue weighted by molar-refractivity contribution is 0.328. The van der Waals surface area contributed by atoms with Crippen LogP contribution in [0.2, 0.25) is 0 Å². The van der Waals surface area contributed by atoms with Gasteiger partial charge in [0.25, 0.3) is 0 Å². The molecule has 0 radical (unpaired) electrons. The Labute approximate surface area is 102 Å². The van der Waals surface area contributed by atoms with Gasteiger partial charge in [0.1, 0.15) is 0 Å². The highest BCUT2D eigenvalue weighted by molar-refractivity contribution is 4.99. The topological polar surface area (TPSA) is 51.0 Å². The lowest BCUT2D eigenvalue weighted by atomic mass is 10.0. The quantitative estimate of drug-likeness (QED) is 0.874. The Morgan fingerprint density at radius 3 is 2.71 bits per heavy atom. The van der Waals surface area contributed by atoms with Gasteiger partial charge in [0.15, 0.2) is 5.82 Å². The molecule has 0 spiro atoms. The highest BCUT2D eigenvalue weighted by atomic mass is 16.5. The number of nitrogens with zero attached hydrogens (tertiary/aromatic N) is 2. The van der Waals surface area contributed by atoms with Gasteiger partial charge in [-0.2, -0.15) is 4.98 Å². The predicted molar refractivity (Wildman–Crippen MR) is 64.9 cm³/mol. The molecule has 1 atom stereocenters. The number of hydrogen-bond acceptors (Lipinski definition) is 4. The minimum absolute atomic E-state index is 0.542. The second kappa shape index (κ2) is 5.17. The maximum absolute atomic E-state index is 5.38. The maximum Gasteiger partial charge on any atom is 0.228 e. The third kappa shape index (κ3) is 2.68. The summed E-state index contributed by atoms with van der Waals surface area (Å²) in [5.74, 6) is 2.34. The molecule has 0 aromatic carbocycles. The highest BCUT2D eigenvalue weighted by Crippen LogP contribution is 2.32. The van der Waals surface area contributed by atoms with E-state index in [1.807, 2.05) is 0 Å². The van der Waals surface area contributed by atoms with Crippen LogP contribution in [-0.2, 0) is 6.42 Å². The van der Waals surface area contributed by atoms with Crippen molar-refractivity contribution >= 4 is 0 Å². The van der Waals surface area contributed by atoms with E-state index >= 15 is 0 Å². The van der Waals surface area contributed by atoms with Crippen molar-refractivity contribution in [2.75, 3.05) is 6.54 Å². The van der Waals surface area contributed by atoms with Crippen molar-refractivity contribution in [2.45, 2.75) is 63.3 Å². The summed E-state index contributed by atoms with van der Waals surface area (Å²) in [6.07, 6.45) is 9.87. The fraction of sp³-hybridized carbons (Fsp3) is 0.846. The van der Waals surface area contributed by atoms with Crippen LogP contribution < -0.4 is 5.32 Å². The molecule has 2 aliphatic rings. The standard InChI is InChI=1S/C13H21N3O/c1-2-6-10(5-1)13-15-12(17-16-13)9-11-7-3-4-8-14-11/h10-11,14H,1-9H2/t11-/m1/s1. The first kappa shape index (κ1) is 11.2. The van der Waals surface area contributed by atoms with Crippen LogP contribution >= 0.6 is 0 Å². The summed E-state index contributed by atoms with van der Waals surface area (Å²) in [6, 6.07) is 0.542. The molecule has 4 heteroatoms. The fourth-order valence-electron chi connectivity index (χ4n) is 3.01. The second-order valence-corrected chi connectivity index (χ2v) is 5.38. The van der Waals surface area contributed by atoms with Crippen molar-refractivity contribution in [1.29, 1.82) is 0 Å². The maximum atomic E-state index is 5.38. The SMILES string of the molecule is C1CC[C@H](Cc2nc(C3CCCC3)no2)NC1. The Balaban J connectivity index is 1.59. The van der Waals surface area contributed by atoms with Crippen molar-refractivity contribution < 1.29 is 4.52 Å². The first-order valence-electron chi connectivity index (χ1n) is 6.97. The van der Waals surface area contributed by atoms with E-state index < -0.39 is 0 Å². The van der Waals surface area contributed by atoms with Crippen LogP contribution in [0.3, 0.4) is 0 Å². The van der Waals surface area contributed by atoms with Crippen molar-refractivity contribution in [1.82, 2.24) is 15.5 Å². The molecule has 0 bridgehead atoms. The van der Waals surface area contributed by atoms with Gasteiger partial charge in [-0.05, 0) is 32.2 Å². The monoisotopic (exact) mass is 235 g/mol. The number of aromatic nitrogens is 2. The van der Waals surface area contributed by atoms with E-state index in [2.05, 4.69) is 15.5 Å². The molecule has 1 aromatic rings. The molecule has 1 saturated heterocycles. The number of hydrogen-bond donors (Lipinski definition) is 1. The van der Waals surface area contributed by atoms with Crippen LogP contribution in [0, 0.1) is 0 Å². The molecule has 3 rings (SSSR count). The molecule has 0 amide bonds. The number of piperidine rings is 1. The Bertz CT molecular complexity index is 351. The number of rotatable bonds is 3. The van der Waals surface area contributed by atoms with Crippen molar-refractivity contribution in [3.8, 4) is 0 Å². The van der Waals surface area contributed by atoms with Crippen LogP contribution in [0.15, 0.2) is 4.52 Å². The third-order valence-corrected chi connectivity index (χ3v) is 4.04. The fourth-order valence-corrected chi connectivity index (χ4v) is 3.01. The zero-order valence-corrected chi connectivity index (χ0v) is 10.3. The van der Waals surface area contributed by atoms with Gasteiger partial charge in [-0.3, -0.25) is 0 Å². The predicted octanol–water partition coefficient (Wildman–Crippen LogP) is 2.41. The van der Waals surface area contributed by atoms with Crippen molar-refractivity contribution in [3.63, 3.8) is 0 Å². The smallest absolute Gasteiger partial charge is 0.228 e. The van der Waals surface area contributed by atoms with Crippen molar-refractivity contribution in [2.24, 2.45) is 0 Å². The van der Waals surface area contributed by atoms with Crippen molar-refractivity contribution in [3.05, 3.63) is 11.7 Å². The van der Waals surface area contributed by atoms with E-state index in [1.54, 1.807) is 0 Å². The minimum atomic E-state index is 0.542. The minimum Gasteiger partial charge on any atom is -0.339 e. The Morgan fingerprint density at radius 2 is 1.94 bits per heavy atom. The van der Waals surface area contributed by atoms with Gasteiger partial charge in [0.2, 0.25) is 5.89 Å². The zero-order valence-electron chi connectivity index (χ0n) is 10.3. The van der Waals surface area contributed by atoms with E-state index in [1.165, 1.54) is 44.9 Å². The van der Waals surface area contributed by atoms with Gasteiger partial charge in [0.05, 0.1) is 0 Å². The van der Waals surface area contributed by atoms with E-state index in [9.17, 15) is 0 Å². The van der Waals surface area contributed by atoms with Gasteiger partial charge in [-0.1, -0.05) is 24.4 Å². The van der Waals surface area contributed by atoms with Crippen LogP contribution in [-0.4, -0.2) is 22.7 Å². The largest absolute Gasteiger partial charge is 0.339 e. The second-order valence-electron chi connectivity index (χ2n) is 5.38. The molecule has 4 nitrogen and oxygen atoms in total. The third-order valence-electron chi connectivity index (χ3n) is 4.04.